The molecule has 0 N–H and O–H groups in total. The maximum atomic E-state index is 5.13. The van der Waals surface area contributed by atoms with E-state index in [0.717, 1.165) is 55.2 Å². The van der Waals surface area contributed by atoms with Gasteiger partial charge in [-0.05, 0) is 63.7 Å². The van der Waals surface area contributed by atoms with Crippen molar-refractivity contribution in [3.05, 3.63) is 151 Å². The summed E-state index contributed by atoms with van der Waals surface area (Å²) in [6, 6.07) is 48.4. The molecule has 222 valence electrons. The van der Waals surface area contributed by atoms with Crippen molar-refractivity contribution in [2.45, 2.75) is 6.92 Å². The molecule has 4 nitrogen and oxygen atoms in total. The average Bonchev–Trinajstić information content (AvgIpc) is 3.14. The van der Waals surface area contributed by atoms with Gasteiger partial charge in [0.05, 0.1) is 5.69 Å². The fraction of sp³-hybridized carbons (Fsp3) is 0.0233. The van der Waals surface area contributed by atoms with E-state index < -0.39 is 0 Å². The second-order valence-electron chi connectivity index (χ2n) is 11.5. The van der Waals surface area contributed by atoms with Crippen LogP contribution in [0.5, 0.6) is 0 Å². The van der Waals surface area contributed by atoms with Crippen molar-refractivity contribution in [2.75, 3.05) is 0 Å². The number of allylic oxidation sites excluding steroid dienone is 1. The van der Waals surface area contributed by atoms with Crippen molar-refractivity contribution in [2.24, 2.45) is 4.99 Å². The molecule has 0 aliphatic rings. The van der Waals surface area contributed by atoms with Crippen LogP contribution in [0.2, 0.25) is 0 Å². The summed E-state index contributed by atoms with van der Waals surface area (Å²) in [5.41, 5.74) is 6.80. The van der Waals surface area contributed by atoms with Crippen LogP contribution in [0.4, 0.5) is 5.69 Å². The fourth-order valence-electron chi connectivity index (χ4n) is 6.41. The molecule has 8 aromatic rings. The molecule has 0 atom stereocenters. The second-order valence-corrected chi connectivity index (χ2v) is 11.5. The topological polar surface area (TPSA) is 51.0 Å². The minimum absolute atomic E-state index is 0.617. The Labute approximate surface area is 273 Å². The van der Waals surface area contributed by atoms with Crippen LogP contribution < -0.4 is 0 Å². The highest BCUT2D eigenvalue weighted by molar-refractivity contribution is 6.13. The molecule has 0 fully saturated rings. The third-order valence-electron chi connectivity index (χ3n) is 8.68. The van der Waals surface area contributed by atoms with Gasteiger partial charge in [-0.2, -0.15) is 0 Å². The molecule has 0 spiro atoms. The van der Waals surface area contributed by atoms with Gasteiger partial charge in [0.25, 0.3) is 0 Å². The summed E-state index contributed by atoms with van der Waals surface area (Å²) in [6.07, 6.45) is 4.07. The highest BCUT2D eigenvalue weighted by Crippen LogP contribution is 2.37. The van der Waals surface area contributed by atoms with E-state index in [1.165, 1.54) is 16.2 Å². The lowest BCUT2D eigenvalue weighted by molar-refractivity contribution is 1.08. The Balaban J connectivity index is 1.32. The van der Waals surface area contributed by atoms with Gasteiger partial charge in [-0.25, -0.2) is 15.0 Å². The summed E-state index contributed by atoms with van der Waals surface area (Å²) >= 11 is 0. The Morgan fingerprint density at radius 1 is 0.489 bits per heavy atom. The van der Waals surface area contributed by atoms with Crippen molar-refractivity contribution < 1.29 is 0 Å². The van der Waals surface area contributed by atoms with Crippen LogP contribution in [0, 0.1) is 0 Å². The molecule has 1 aromatic heterocycles. The monoisotopic (exact) mass is 602 g/mol. The molecule has 1 heterocycles. The number of aromatic nitrogens is 3. The van der Waals surface area contributed by atoms with Crippen molar-refractivity contribution >= 4 is 50.8 Å². The summed E-state index contributed by atoms with van der Waals surface area (Å²) in [7, 11) is 0. The molecule has 0 radical (unpaired) electrons. The predicted molar refractivity (Wildman–Crippen MR) is 198 cm³/mol. The molecule has 0 bridgehead atoms. The number of benzene rings is 7. The Bertz CT molecular complexity index is 2490. The molecule has 4 heteroatoms. The summed E-state index contributed by atoms with van der Waals surface area (Å²) in [4.78, 5) is 19.7. The molecule has 0 unspecified atom stereocenters. The van der Waals surface area contributed by atoms with E-state index in [9.17, 15) is 0 Å². The summed E-state index contributed by atoms with van der Waals surface area (Å²) in [5.74, 6) is 1.89. The van der Waals surface area contributed by atoms with Crippen LogP contribution >= 0.6 is 0 Å². The molecular formula is C43H30N4. The van der Waals surface area contributed by atoms with Gasteiger partial charge in [0, 0.05) is 27.8 Å². The SMILES string of the molecule is C=Nc1c(/C=C\C)cccc1-c1ccc(-c2nc(-c3ccc4ccccc4c3)nc(-c3cc4ccccc4c4ccccc34)n2)cc1. The zero-order valence-corrected chi connectivity index (χ0v) is 25.9. The lowest BCUT2D eigenvalue weighted by atomic mass is 9.96. The van der Waals surface area contributed by atoms with E-state index >= 15 is 0 Å². The Morgan fingerprint density at radius 2 is 1.11 bits per heavy atom. The van der Waals surface area contributed by atoms with Crippen molar-refractivity contribution in [3.63, 3.8) is 0 Å². The van der Waals surface area contributed by atoms with Gasteiger partial charge in [-0.15, -0.1) is 0 Å². The largest absolute Gasteiger partial charge is 0.263 e. The van der Waals surface area contributed by atoms with Gasteiger partial charge in [0.2, 0.25) is 0 Å². The lowest BCUT2D eigenvalue weighted by Gasteiger charge is -2.13. The first-order valence-electron chi connectivity index (χ1n) is 15.7. The summed E-state index contributed by atoms with van der Waals surface area (Å²) < 4.78 is 0. The quantitative estimate of drug-likeness (QED) is 0.140. The predicted octanol–water partition coefficient (Wildman–Crippen LogP) is 11.4. The molecule has 0 amide bonds. The van der Waals surface area contributed by atoms with E-state index in [4.69, 9.17) is 15.0 Å². The van der Waals surface area contributed by atoms with Gasteiger partial charge in [0.15, 0.2) is 17.5 Å². The Hall–Kier alpha value is -6.26. The number of nitrogens with zero attached hydrogens (tertiary/aromatic N) is 4. The zero-order valence-electron chi connectivity index (χ0n) is 25.9. The molecule has 0 aliphatic heterocycles. The first-order valence-corrected chi connectivity index (χ1v) is 15.7. The van der Waals surface area contributed by atoms with Crippen LogP contribution in [0.15, 0.2) is 151 Å². The van der Waals surface area contributed by atoms with Crippen molar-refractivity contribution in [1.29, 1.82) is 0 Å². The third kappa shape index (κ3) is 5.16. The van der Waals surface area contributed by atoms with Crippen LogP contribution in [-0.2, 0) is 0 Å². The number of fused-ring (bicyclic) bond motifs is 4. The highest BCUT2D eigenvalue weighted by Gasteiger charge is 2.17. The van der Waals surface area contributed by atoms with Crippen LogP contribution in [0.25, 0.3) is 83.7 Å². The van der Waals surface area contributed by atoms with Gasteiger partial charge in [-0.1, -0.05) is 140 Å². The smallest absolute Gasteiger partial charge is 0.164 e. The minimum Gasteiger partial charge on any atom is -0.263 e. The van der Waals surface area contributed by atoms with Crippen LogP contribution in [-0.4, -0.2) is 21.7 Å². The Kier molecular flexibility index (Phi) is 7.16. The normalized spacial score (nSPS) is 11.5. The van der Waals surface area contributed by atoms with E-state index in [-0.39, 0.29) is 0 Å². The number of hydrogen-bond acceptors (Lipinski definition) is 4. The van der Waals surface area contributed by atoms with Crippen LogP contribution in [0.3, 0.4) is 0 Å². The number of aliphatic imine (C=N–C) groups is 1. The summed E-state index contributed by atoms with van der Waals surface area (Å²) in [6.45, 7) is 5.85. The number of hydrogen-bond donors (Lipinski definition) is 0. The zero-order chi connectivity index (χ0) is 31.7. The first-order chi connectivity index (χ1) is 23.2. The summed E-state index contributed by atoms with van der Waals surface area (Å²) in [5, 5.41) is 6.94. The van der Waals surface area contributed by atoms with Crippen LogP contribution in [0.1, 0.15) is 12.5 Å². The maximum absolute atomic E-state index is 5.13. The highest BCUT2D eigenvalue weighted by atomic mass is 15.0. The van der Waals surface area contributed by atoms with Gasteiger partial charge < -0.3 is 0 Å². The van der Waals surface area contributed by atoms with Gasteiger partial charge >= 0.3 is 0 Å². The lowest BCUT2D eigenvalue weighted by Crippen LogP contribution is -2.01. The minimum atomic E-state index is 0.617. The number of para-hydroxylation sites is 1. The molecule has 47 heavy (non-hydrogen) atoms. The molecule has 0 aliphatic carbocycles. The van der Waals surface area contributed by atoms with E-state index in [1.807, 2.05) is 13.0 Å². The molecule has 0 saturated heterocycles. The Morgan fingerprint density at radius 3 is 1.87 bits per heavy atom. The molecule has 8 rings (SSSR count). The standard InChI is InChI=1S/C43H30N4/c1-3-11-30-15-10-19-36(40(30)44-2)29-21-23-31(24-22-29)41-45-42(34-25-20-28-12-4-5-13-32(28)26-34)47-43(46-41)39-27-33-14-6-7-16-35(33)37-17-8-9-18-38(37)39/h3-27H,2H2,1H3/b11-3-. The van der Waals surface area contributed by atoms with Crippen molar-refractivity contribution in [3.8, 4) is 45.3 Å². The second kappa shape index (κ2) is 11.9. The van der Waals surface area contributed by atoms with E-state index in [2.05, 4.69) is 157 Å². The maximum Gasteiger partial charge on any atom is 0.164 e. The molecule has 7 aromatic carbocycles. The number of rotatable bonds is 6. The average molecular weight is 603 g/mol. The van der Waals surface area contributed by atoms with E-state index in [1.54, 1.807) is 0 Å². The molecular weight excluding hydrogens is 573 g/mol. The fourth-order valence-corrected chi connectivity index (χ4v) is 6.41. The third-order valence-corrected chi connectivity index (χ3v) is 8.68. The van der Waals surface area contributed by atoms with Crippen molar-refractivity contribution in [1.82, 2.24) is 15.0 Å². The van der Waals surface area contributed by atoms with Gasteiger partial charge in [0.1, 0.15) is 0 Å². The van der Waals surface area contributed by atoms with Gasteiger partial charge in [-0.3, -0.25) is 4.99 Å². The molecule has 0 saturated carbocycles. The van der Waals surface area contributed by atoms with E-state index in [0.29, 0.717) is 17.5 Å². The first kappa shape index (κ1) is 28.2.